The highest BCUT2D eigenvalue weighted by Crippen LogP contribution is 2.42. The summed E-state index contributed by atoms with van der Waals surface area (Å²) >= 11 is 0. The van der Waals surface area contributed by atoms with Gasteiger partial charge in [0.2, 0.25) is 11.8 Å². The molecule has 2 saturated carbocycles. The van der Waals surface area contributed by atoms with E-state index in [9.17, 15) is 9.59 Å². The molecule has 0 aromatic rings. The summed E-state index contributed by atoms with van der Waals surface area (Å²) < 4.78 is 0. The predicted molar refractivity (Wildman–Crippen MR) is 81.6 cm³/mol. The molecule has 1 aliphatic heterocycles. The Balaban J connectivity index is 1.82. The van der Waals surface area contributed by atoms with E-state index >= 15 is 0 Å². The standard InChI is InChI=1S/C17H28N2O2/c1-3-6-12(2)11-19-14(13-7-8-13)15(20)18-17(16(19)21)9-4-5-10-17/h12-14H,3-11H2,1-2H3,(H,18,20). The lowest BCUT2D eigenvalue weighted by molar-refractivity contribution is -0.156. The first-order chi connectivity index (χ1) is 10.1. The summed E-state index contributed by atoms with van der Waals surface area (Å²) in [7, 11) is 0. The Hall–Kier alpha value is -1.06. The van der Waals surface area contributed by atoms with Crippen LogP contribution in [0.15, 0.2) is 0 Å². The zero-order chi connectivity index (χ0) is 15.0. The van der Waals surface area contributed by atoms with Gasteiger partial charge in [0.15, 0.2) is 0 Å². The molecule has 0 bridgehead atoms. The predicted octanol–water partition coefficient (Wildman–Crippen LogP) is 2.47. The topological polar surface area (TPSA) is 49.4 Å². The molecule has 2 atom stereocenters. The van der Waals surface area contributed by atoms with E-state index in [0.717, 1.165) is 57.9 Å². The molecule has 4 heteroatoms. The van der Waals surface area contributed by atoms with Gasteiger partial charge in [0.25, 0.3) is 0 Å². The van der Waals surface area contributed by atoms with Gasteiger partial charge in [0.1, 0.15) is 11.6 Å². The Morgan fingerprint density at radius 3 is 2.52 bits per heavy atom. The first-order valence-corrected chi connectivity index (χ1v) is 8.70. The van der Waals surface area contributed by atoms with Crippen LogP contribution in [0.25, 0.3) is 0 Å². The maximum absolute atomic E-state index is 13.1. The van der Waals surface area contributed by atoms with Crippen molar-refractivity contribution in [2.24, 2.45) is 11.8 Å². The molecule has 118 valence electrons. The fourth-order valence-corrected chi connectivity index (χ4v) is 4.22. The van der Waals surface area contributed by atoms with Crippen LogP contribution in [0.4, 0.5) is 0 Å². The molecule has 2 amide bonds. The molecule has 0 aromatic carbocycles. The van der Waals surface area contributed by atoms with Crippen molar-refractivity contribution in [2.75, 3.05) is 6.54 Å². The van der Waals surface area contributed by atoms with Gasteiger partial charge in [-0.2, -0.15) is 0 Å². The zero-order valence-corrected chi connectivity index (χ0v) is 13.4. The Morgan fingerprint density at radius 1 is 1.29 bits per heavy atom. The van der Waals surface area contributed by atoms with Crippen LogP contribution >= 0.6 is 0 Å². The minimum atomic E-state index is -0.561. The van der Waals surface area contributed by atoms with Crippen LogP contribution in [0.5, 0.6) is 0 Å². The van der Waals surface area contributed by atoms with Crippen molar-refractivity contribution in [3.05, 3.63) is 0 Å². The van der Waals surface area contributed by atoms with Crippen LogP contribution in [0.1, 0.15) is 65.2 Å². The van der Waals surface area contributed by atoms with Crippen molar-refractivity contribution in [3.8, 4) is 0 Å². The smallest absolute Gasteiger partial charge is 0.249 e. The highest BCUT2D eigenvalue weighted by Gasteiger charge is 2.55. The fraction of sp³-hybridized carbons (Fsp3) is 0.882. The van der Waals surface area contributed by atoms with Crippen LogP contribution in [-0.2, 0) is 9.59 Å². The van der Waals surface area contributed by atoms with E-state index in [2.05, 4.69) is 19.2 Å². The average Bonchev–Trinajstić information content (AvgIpc) is 3.15. The maximum atomic E-state index is 13.1. The molecule has 1 saturated heterocycles. The van der Waals surface area contributed by atoms with Gasteiger partial charge in [-0.3, -0.25) is 9.59 Å². The fourth-order valence-electron chi connectivity index (χ4n) is 4.22. The molecule has 3 rings (SSSR count). The van der Waals surface area contributed by atoms with Crippen LogP contribution in [0.3, 0.4) is 0 Å². The van der Waals surface area contributed by atoms with Gasteiger partial charge in [-0.1, -0.05) is 33.1 Å². The van der Waals surface area contributed by atoms with Gasteiger partial charge >= 0.3 is 0 Å². The summed E-state index contributed by atoms with van der Waals surface area (Å²) in [5, 5.41) is 3.12. The molecule has 21 heavy (non-hydrogen) atoms. The molecule has 0 aromatic heterocycles. The SMILES string of the molecule is CCCC(C)CN1C(=O)C2(CCCC2)NC(=O)C1C1CC1. The van der Waals surface area contributed by atoms with Crippen LogP contribution in [0.2, 0.25) is 0 Å². The number of carbonyl (C=O) groups excluding carboxylic acids is 2. The Labute approximate surface area is 127 Å². The van der Waals surface area contributed by atoms with Gasteiger partial charge in [0.05, 0.1) is 0 Å². The Morgan fingerprint density at radius 2 is 1.95 bits per heavy atom. The summed E-state index contributed by atoms with van der Waals surface area (Å²) in [6.45, 7) is 5.13. The van der Waals surface area contributed by atoms with E-state index in [1.54, 1.807) is 0 Å². The monoisotopic (exact) mass is 292 g/mol. The Bertz CT molecular complexity index is 425. The first kappa shape index (κ1) is 14.9. The number of carbonyl (C=O) groups is 2. The third-order valence-electron chi connectivity index (χ3n) is 5.45. The molecule has 4 nitrogen and oxygen atoms in total. The lowest BCUT2D eigenvalue weighted by Crippen LogP contribution is -2.70. The van der Waals surface area contributed by atoms with E-state index in [1.807, 2.05) is 4.90 Å². The van der Waals surface area contributed by atoms with E-state index in [-0.39, 0.29) is 17.9 Å². The van der Waals surface area contributed by atoms with Gasteiger partial charge in [0, 0.05) is 6.54 Å². The second kappa shape index (κ2) is 5.62. The molecule has 2 unspecified atom stereocenters. The van der Waals surface area contributed by atoms with E-state index in [0.29, 0.717) is 11.8 Å². The van der Waals surface area contributed by atoms with Gasteiger partial charge < -0.3 is 10.2 Å². The number of hydrogen-bond donors (Lipinski definition) is 1. The first-order valence-electron chi connectivity index (χ1n) is 8.70. The van der Waals surface area contributed by atoms with Crippen molar-refractivity contribution >= 4 is 11.8 Å². The number of rotatable bonds is 5. The molecule has 1 spiro atoms. The van der Waals surface area contributed by atoms with Crippen molar-refractivity contribution in [1.82, 2.24) is 10.2 Å². The summed E-state index contributed by atoms with van der Waals surface area (Å²) in [4.78, 5) is 27.7. The summed E-state index contributed by atoms with van der Waals surface area (Å²) in [5.74, 6) is 1.20. The molecular weight excluding hydrogens is 264 g/mol. The largest absolute Gasteiger partial charge is 0.340 e. The van der Waals surface area contributed by atoms with E-state index < -0.39 is 5.54 Å². The molecule has 3 aliphatic rings. The molecule has 2 aliphatic carbocycles. The highest BCUT2D eigenvalue weighted by atomic mass is 16.2. The van der Waals surface area contributed by atoms with Crippen molar-refractivity contribution in [1.29, 1.82) is 0 Å². The summed E-state index contributed by atoms with van der Waals surface area (Å²) in [6, 6.07) is -0.192. The number of nitrogens with zero attached hydrogens (tertiary/aromatic N) is 1. The van der Waals surface area contributed by atoms with Crippen molar-refractivity contribution in [2.45, 2.75) is 76.8 Å². The van der Waals surface area contributed by atoms with E-state index in [4.69, 9.17) is 0 Å². The minimum Gasteiger partial charge on any atom is -0.340 e. The normalized spacial score (nSPS) is 29.8. The Kier molecular flexibility index (Phi) is 3.98. The van der Waals surface area contributed by atoms with Gasteiger partial charge in [-0.05, 0) is 43.9 Å². The summed E-state index contributed by atoms with van der Waals surface area (Å²) in [5.41, 5.74) is -0.561. The summed E-state index contributed by atoms with van der Waals surface area (Å²) in [6.07, 6.45) is 8.21. The second-order valence-corrected chi connectivity index (χ2v) is 7.41. The van der Waals surface area contributed by atoms with Gasteiger partial charge in [-0.25, -0.2) is 0 Å². The van der Waals surface area contributed by atoms with E-state index in [1.165, 1.54) is 0 Å². The number of hydrogen-bond acceptors (Lipinski definition) is 2. The molecule has 1 heterocycles. The number of nitrogens with one attached hydrogen (secondary N) is 1. The third kappa shape index (κ3) is 2.69. The number of amides is 2. The zero-order valence-electron chi connectivity index (χ0n) is 13.4. The molecule has 1 N–H and O–H groups in total. The average molecular weight is 292 g/mol. The highest BCUT2D eigenvalue weighted by molar-refractivity contribution is 6.00. The van der Waals surface area contributed by atoms with Gasteiger partial charge in [-0.15, -0.1) is 0 Å². The minimum absolute atomic E-state index is 0.114. The second-order valence-electron chi connectivity index (χ2n) is 7.41. The molecular formula is C17H28N2O2. The quantitative estimate of drug-likeness (QED) is 0.846. The number of piperazine rings is 1. The third-order valence-corrected chi connectivity index (χ3v) is 5.45. The lowest BCUT2D eigenvalue weighted by atomic mass is 9.88. The van der Waals surface area contributed by atoms with Crippen LogP contribution in [-0.4, -0.2) is 34.8 Å². The van der Waals surface area contributed by atoms with Crippen LogP contribution < -0.4 is 5.32 Å². The van der Waals surface area contributed by atoms with Crippen molar-refractivity contribution < 1.29 is 9.59 Å². The molecule has 0 radical (unpaired) electrons. The van der Waals surface area contributed by atoms with Crippen molar-refractivity contribution in [3.63, 3.8) is 0 Å². The maximum Gasteiger partial charge on any atom is 0.249 e. The molecule has 3 fully saturated rings. The lowest BCUT2D eigenvalue weighted by Gasteiger charge is -2.45. The van der Waals surface area contributed by atoms with Crippen LogP contribution in [0, 0.1) is 11.8 Å².